The third-order valence-corrected chi connectivity index (χ3v) is 4.33. The van der Waals surface area contributed by atoms with Crippen molar-refractivity contribution in [2.24, 2.45) is 5.92 Å². The third-order valence-electron chi connectivity index (χ3n) is 4.33. The molecule has 1 aromatic rings. The van der Waals surface area contributed by atoms with Crippen molar-refractivity contribution in [3.8, 4) is 11.5 Å². The molecule has 0 saturated carbocycles. The van der Waals surface area contributed by atoms with Gasteiger partial charge >= 0.3 is 0 Å². The minimum Gasteiger partial charge on any atom is -0.510 e. The number of ketones is 2. The Labute approximate surface area is 158 Å². The van der Waals surface area contributed by atoms with Crippen LogP contribution in [-0.4, -0.2) is 42.1 Å². The summed E-state index contributed by atoms with van der Waals surface area (Å²) in [6.07, 6.45) is 8.43. The van der Waals surface area contributed by atoms with Gasteiger partial charge in [0.05, 0.1) is 13.5 Å². The number of carbonyl (C=O) groups is 2. The second-order valence-electron chi connectivity index (χ2n) is 6.32. The summed E-state index contributed by atoms with van der Waals surface area (Å²) in [6, 6.07) is 4.71. The lowest BCUT2D eigenvalue weighted by atomic mass is 9.90. The van der Waals surface area contributed by atoms with Crippen molar-refractivity contribution in [3.63, 3.8) is 0 Å². The summed E-state index contributed by atoms with van der Waals surface area (Å²) in [7, 11) is 2.97. The molecule has 6 nitrogen and oxygen atoms in total. The van der Waals surface area contributed by atoms with E-state index in [9.17, 15) is 19.8 Å². The fourth-order valence-electron chi connectivity index (χ4n) is 2.79. The maximum Gasteiger partial charge on any atom is 0.163 e. The summed E-state index contributed by atoms with van der Waals surface area (Å²) in [6.45, 7) is 0. The molecule has 0 spiro atoms. The van der Waals surface area contributed by atoms with Crippen LogP contribution in [0.25, 0.3) is 6.08 Å². The summed E-state index contributed by atoms with van der Waals surface area (Å²) in [5, 5.41) is 19.2. The minimum absolute atomic E-state index is 0.0166. The molecule has 0 saturated heterocycles. The zero-order valence-corrected chi connectivity index (χ0v) is 15.4. The molecule has 2 N–H and O–H groups in total. The number of methoxy groups -OCH3 is 2. The van der Waals surface area contributed by atoms with Gasteiger partial charge in [0.2, 0.25) is 0 Å². The number of aliphatic hydroxyl groups is 1. The van der Waals surface area contributed by atoms with Crippen LogP contribution in [0.15, 0.2) is 48.3 Å². The molecule has 0 fully saturated rings. The van der Waals surface area contributed by atoms with Gasteiger partial charge < -0.3 is 19.7 Å². The van der Waals surface area contributed by atoms with Crippen LogP contribution in [0.5, 0.6) is 11.5 Å². The molecule has 0 unspecified atom stereocenters. The zero-order chi connectivity index (χ0) is 19.8. The van der Waals surface area contributed by atoms with Crippen LogP contribution >= 0.6 is 0 Å². The van der Waals surface area contributed by atoms with Gasteiger partial charge in [-0.1, -0.05) is 18.2 Å². The SMILES string of the molecule is COc1cc(/C=C/C(=O)CC(=O)/C=C/[C@@H]2CC=C(O)[C@H](OC)C2)ccc1O. The Bertz CT molecular complexity index is 775. The van der Waals surface area contributed by atoms with Gasteiger partial charge in [0.1, 0.15) is 11.9 Å². The van der Waals surface area contributed by atoms with Gasteiger partial charge in [-0.3, -0.25) is 9.59 Å². The Morgan fingerprint density at radius 1 is 1.19 bits per heavy atom. The highest BCUT2D eigenvalue weighted by Gasteiger charge is 2.22. The van der Waals surface area contributed by atoms with Crippen LogP contribution in [0.2, 0.25) is 0 Å². The molecule has 6 heteroatoms. The van der Waals surface area contributed by atoms with Gasteiger partial charge in [-0.25, -0.2) is 0 Å². The number of phenols is 1. The molecule has 0 radical (unpaired) electrons. The van der Waals surface area contributed by atoms with E-state index in [-0.39, 0.29) is 41.5 Å². The predicted molar refractivity (Wildman–Crippen MR) is 102 cm³/mol. The average Bonchev–Trinajstić information content (AvgIpc) is 2.66. The summed E-state index contributed by atoms with van der Waals surface area (Å²) in [4.78, 5) is 23.9. The largest absolute Gasteiger partial charge is 0.510 e. The summed E-state index contributed by atoms with van der Waals surface area (Å²) < 4.78 is 10.2. The molecule has 0 bridgehead atoms. The second-order valence-corrected chi connectivity index (χ2v) is 6.32. The number of phenolic OH excluding ortho intramolecular Hbond substituents is 1. The van der Waals surface area contributed by atoms with E-state index in [4.69, 9.17) is 9.47 Å². The lowest BCUT2D eigenvalue weighted by Crippen LogP contribution is -2.21. The van der Waals surface area contributed by atoms with E-state index in [2.05, 4.69) is 0 Å². The first-order valence-electron chi connectivity index (χ1n) is 8.63. The number of ether oxygens (including phenoxy) is 2. The average molecular weight is 372 g/mol. The molecule has 0 aliphatic heterocycles. The lowest BCUT2D eigenvalue weighted by Gasteiger charge is -2.23. The number of hydrogen-bond donors (Lipinski definition) is 2. The fraction of sp³-hybridized carbons (Fsp3) is 0.333. The smallest absolute Gasteiger partial charge is 0.163 e. The molecule has 1 aliphatic rings. The maximum absolute atomic E-state index is 12.0. The molecule has 1 aliphatic carbocycles. The Morgan fingerprint density at radius 3 is 2.63 bits per heavy atom. The third kappa shape index (κ3) is 6.11. The van der Waals surface area contributed by atoms with E-state index < -0.39 is 0 Å². The molecule has 2 atom stereocenters. The van der Waals surface area contributed by atoms with Crippen LogP contribution in [0.4, 0.5) is 0 Å². The van der Waals surface area contributed by atoms with Gasteiger partial charge in [-0.05, 0) is 54.7 Å². The van der Waals surface area contributed by atoms with Crippen molar-refractivity contribution < 1.29 is 29.3 Å². The fourth-order valence-corrected chi connectivity index (χ4v) is 2.79. The van der Waals surface area contributed by atoms with Gasteiger partial charge in [-0.2, -0.15) is 0 Å². The minimum atomic E-state index is -0.352. The summed E-state index contributed by atoms with van der Waals surface area (Å²) >= 11 is 0. The molecular formula is C21H24O6. The molecule has 0 amide bonds. The van der Waals surface area contributed by atoms with Crippen molar-refractivity contribution in [3.05, 3.63) is 53.8 Å². The molecule has 144 valence electrons. The molecule has 1 aromatic carbocycles. The molecule has 27 heavy (non-hydrogen) atoms. The highest BCUT2D eigenvalue weighted by Crippen LogP contribution is 2.27. The van der Waals surface area contributed by atoms with E-state index in [1.54, 1.807) is 30.4 Å². The van der Waals surface area contributed by atoms with Crippen molar-refractivity contribution in [2.45, 2.75) is 25.4 Å². The van der Waals surface area contributed by atoms with Crippen LogP contribution in [0.3, 0.4) is 0 Å². The quantitative estimate of drug-likeness (QED) is 0.537. The van der Waals surface area contributed by atoms with Crippen molar-refractivity contribution in [1.82, 2.24) is 0 Å². The second kappa shape index (κ2) is 9.73. The van der Waals surface area contributed by atoms with Gasteiger partial charge in [0.25, 0.3) is 0 Å². The first-order chi connectivity index (χ1) is 12.9. The van der Waals surface area contributed by atoms with Crippen LogP contribution in [0.1, 0.15) is 24.8 Å². The highest BCUT2D eigenvalue weighted by molar-refractivity contribution is 6.09. The van der Waals surface area contributed by atoms with E-state index in [1.165, 1.54) is 32.4 Å². The first-order valence-corrected chi connectivity index (χ1v) is 8.63. The number of rotatable bonds is 8. The predicted octanol–water partition coefficient (Wildman–Crippen LogP) is 3.37. The maximum atomic E-state index is 12.0. The van der Waals surface area contributed by atoms with Crippen LogP contribution in [-0.2, 0) is 14.3 Å². The van der Waals surface area contributed by atoms with Crippen LogP contribution in [0, 0.1) is 5.92 Å². The van der Waals surface area contributed by atoms with Crippen LogP contribution < -0.4 is 4.74 Å². The Hall–Kier alpha value is -2.86. The number of carbonyl (C=O) groups excluding carboxylic acids is 2. The number of aliphatic hydroxyl groups excluding tert-OH is 1. The van der Waals surface area contributed by atoms with Crippen molar-refractivity contribution in [2.75, 3.05) is 14.2 Å². The molecule has 2 rings (SSSR count). The topological polar surface area (TPSA) is 93.1 Å². The van der Waals surface area contributed by atoms with E-state index in [1.807, 2.05) is 0 Å². The number of allylic oxidation sites excluding steroid dienone is 4. The monoisotopic (exact) mass is 372 g/mol. The first kappa shape index (κ1) is 20.5. The number of hydrogen-bond acceptors (Lipinski definition) is 6. The Kier molecular flexibility index (Phi) is 7.37. The molecular weight excluding hydrogens is 348 g/mol. The van der Waals surface area contributed by atoms with E-state index in [0.717, 1.165) is 0 Å². The van der Waals surface area contributed by atoms with E-state index >= 15 is 0 Å². The highest BCUT2D eigenvalue weighted by atomic mass is 16.5. The van der Waals surface area contributed by atoms with Gasteiger partial charge in [-0.15, -0.1) is 0 Å². The van der Waals surface area contributed by atoms with Gasteiger partial charge in [0.15, 0.2) is 23.1 Å². The number of aromatic hydroxyl groups is 1. The normalized spacial score (nSPS) is 20.0. The van der Waals surface area contributed by atoms with E-state index in [0.29, 0.717) is 24.2 Å². The Balaban J connectivity index is 1.87. The van der Waals surface area contributed by atoms with Gasteiger partial charge in [0, 0.05) is 7.11 Å². The zero-order valence-electron chi connectivity index (χ0n) is 15.4. The molecule has 0 aromatic heterocycles. The standard InChI is InChI=1S/C21H24O6/c1-26-20-11-14(5-9-18(20)24)3-7-16(22)13-17(23)8-4-15-6-10-19(25)21(12-15)27-2/h3-5,7-11,15,21,24-25H,6,12-13H2,1-2H3/b7-3+,8-4+/t15-,21-/m1/s1. The number of benzene rings is 1. The summed E-state index contributed by atoms with van der Waals surface area (Å²) in [5.41, 5.74) is 0.681. The lowest BCUT2D eigenvalue weighted by molar-refractivity contribution is -0.121. The molecule has 0 heterocycles. The Morgan fingerprint density at radius 2 is 1.93 bits per heavy atom. The summed E-state index contributed by atoms with van der Waals surface area (Å²) in [5.74, 6) is 0.0475. The van der Waals surface area contributed by atoms with Crippen molar-refractivity contribution in [1.29, 1.82) is 0 Å². The van der Waals surface area contributed by atoms with Crippen molar-refractivity contribution >= 4 is 17.6 Å².